The van der Waals surface area contributed by atoms with Crippen molar-refractivity contribution in [3.63, 3.8) is 0 Å². The average molecular weight is 320 g/mol. The monoisotopic (exact) mass is 319 g/mol. The molecule has 2 heterocycles. The maximum absolute atomic E-state index is 12.5. The molecule has 0 aliphatic carbocycles. The first kappa shape index (κ1) is 14.2. The average Bonchev–Trinajstić information content (AvgIpc) is 3.00. The zero-order chi connectivity index (χ0) is 15.7. The van der Waals surface area contributed by atoms with Crippen molar-refractivity contribution in [3.05, 3.63) is 51.8 Å². The second-order valence-electron chi connectivity index (χ2n) is 4.37. The Bertz CT molecular complexity index is 894. The second-order valence-corrected chi connectivity index (χ2v) is 4.80. The molecule has 2 aromatic heterocycles. The van der Waals surface area contributed by atoms with Crippen molar-refractivity contribution in [2.24, 2.45) is 0 Å². The number of carboxylic acid groups (broad SMARTS) is 1. The van der Waals surface area contributed by atoms with E-state index in [-0.39, 0.29) is 28.2 Å². The molecule has 0 radical (unpaired) electrons. The number of carbonyl (C=O) groups excluding carboxylic acids is 1. The molecule has 3 rings (SSSR count). The van der Waals surface area contributed by atoms with Crippen LogP contribution in [-0.2, 0) is 4.79 Å². The van der Waals surface area contributed by atoms with Crippen LogP contribution in [0.4, 0.5) is 0 Å². The van der Waals surface area contributed by atoms with Gasteiger partial charge in [-0.1, -0.05) is 11.6 Å². The highest BCUT2D eigenvalue weighted by Gasteiger charge is 2.19. The van der Waals surface area contributed by atoms with E-state index in [2.05, 4.69) is 0 Å². The first-order chi connectivity index (χ1) is 10.6. The Balaban J connectivity index is 2.27. The third kappa shape index (κ3) is 2.56. The Morgan fingerprint density at radius 2 is 2.14 bits per heavy atom. The summed E-state index contributed by atoms with van der Waals surface area (Å²) in [4.78, 5) is 23.1. The first-order valence-electron chi connectivity index (χ1n) is 6.19. The number of hydrogen-bond donors (Lipinski definition) is 0. The summed E-state index contributed by atoms with van der Waals surface area (Å²) in [7, 11) is 0. The van der Waals surface area contributed by atoms with E-state index in [1.54, 1.807) is 18.2 Å². The molecule has 0 unspecified atom stereocenters. The highest BCUT2D eigenvalue weighted by Crippen LogP contribution is 2.31. The summed E-state index contributed by atoms with van der Waals surface area (Å²) in [6, 6.07) is 7.69. The number of rotatable bonds is 4. The highest BCUT2D eigenvalue weighted by molar-refractivity contribution is 6.31. The van der Waals surface area contributed by atoms with Crippen LogP contribution in [0.1, 0.15) is 0 Å². The molecule has 112 valence electrons. The SMILES string of the molecule is O=C([O-])COc1c(-c2ccco2)oc2ccc(Cl)cc2c1=O. The van der Waals surface area contributed by atoms with E-state index in [9.17, 15) is 14.7 Å². The van der Waals surface area contributed by atoms with Gasteiger partial charge in [0, 0.05) is 5.02 Å². The van der Waals surface area contributed by atoms with Gasteiger partial charge in [-0.25, -0.2) is 0 Å². The predicted octanol–water partition coefficient (Wildman–Crippen LogP) is 1.84. The molecule has 0 saturated carbocycles. The van der Waals surface area contributed by atoms with Gasteiger partial charge >= 0.3 is 0 Å². The number of hydrogen-bond acceptors (Lipinski definition) is 6. The van der Waals surface area contributed by atoms with Gasteiger partial charge in [-0.15, -0.1) is 0 Å². The fourth-order valence-electron chi connectivity index (χ4n) is 1.98. The quantitative estimate of drug-likeness (QED) is 0.728. The summed E-state index contributed by atoms with van der Waals surface area (Å²) in [6.45, 7) is -0.787. The summed E-state index contributed by atoms with van der Waals surface area (Å²) in [6.07, 6.45) is 1.39. The van der Waals surface area contributed by atoms with Crippen molar-refractivity contribution in [3.8, 4) is 17.3 Å². The second kappa shape index (κ2) is 5.57. The largest absolute Gasteiger partial charge is 0.546 e. The lowest BCUT2D eigenvalue weighted by molar-refractivity contribution is -0.307. The first-order valence-corrected chi connectivity index (χ1v) is 6.57. The van der Waals surface area contributed by atoms with Gasteiger partial charge in [0.05, 0.1) is 17.6 Å². The molecular weight excluding hydrogens is 312 g/mol. The summed E-state index contributed by atoms with van der Waals surface area (Å²) in [5.41, 5.74) is -0.266. The van der Waals surface area contributed by atoms with Crippen molar-refractivity contribution in [1.29, 1.82) is 0 Å². The lowest BCUT2D eigenvalue weighted by Gasteiger charge is -2.10. The maximum atomic E-state index is 12.5. The lowest BCUT2D eigenvalue weighted by Crippen LogP contribution is -2.30. The van der Waals surface area contributed by atoms with Crippen molar-refractivity contribution in [1.82, 2.24) is 0 Å². The zero-order valence-corrected chi connectivity index (χ0v) is 11.8. The maximum Gasteiger partial charge on any atom is 0.235 e. The Morgan fingerprint density at radius 1 is 1.32 bits per heavy atom. The van der Waals surface area contributed by atoms with Gasteiger partial charge in [0.1, 0.15) is 12.2 Å². The number of fused-ring (bicyclic) bond motifs is 1. The van der Waals surface area contributed by atoms with E-state index in [0.717, 1.165) is 0 Å². The van der Waals surface area contributed by atoms with Crippen molar-refractivity contribution in [2.75, 3.05) is 6.61 Å². The van der Waals surface area contributed by atoms with Crippen LogP contribution >= 0.6 is 11.6 Å². The summed E-state index contributed by atoms with van der Waals surface area (Å²) < 4.78 is 15.8. The van der Waals surface area contributed by atoms with Crippen LogP contribution in [-0.4, -0.2) is 12.6 Å². The van der Waals surface area contributed by atoms with Gasteiger partial charge in [-0.2, -0.15) is 0 Å². The minimum atomic E-state index is -1.46. The van der Waals surface area contributed by atoms with Gasteiger partial charge in [0.15, 0.2) is 5.76 Å². The van der Waals surface area contributed by atoms with E-state index in [1.165, 1.54) is 18.4 Å². The van der Waals surface area contributed by atoms with Crippen molar-refractivity contribution < 1.29 is 23.5 Å². The smallest absolute Gasteiger partial charge is 0.235 e. The minimum absolute atomic E-state index is 0.00562. The molecule has 0 fully saturated rings. The highest BCUT2D eigenvalue weighted by atomic mass is 35.5. The van der Waals surface area contributed by atoms with Gasteiger partial charge in [0.2, 0.25) is 16.9 Å². The third-order valence-corrected chi connectivity index (χ3v) is 3.13. The van der Waals surface area contributed by atoms with E-state index in [4.69, 9.17) is 25.2 Å². The number of carbonyl (C=O) groups is 1. The molecule has 0 aliphatic heterocycles. The summed E-state index contributed by atoms with van der Waals surface area (Å²) in [5.74, 6) is -1.49. The van der Waals surface area contributed by atoms with E-state index in [0.29, 0.717) is 5.02 Å². The Morgan fingerprint density at radius 3 is 2.82 bits per heavy atom. The van der Waals surface area contributed by atoms with Crippen LogP contribution in [0.15, 0.2) is 50.2 Å². The van der Waals surface area contributed by atoms with Crippen molar-refractivity contribution in [2.45, 2.75) is 0 Å². The van der Waals surface area contributed by atoms with Gasteiger partial charge < -0.3 is 23.5 Å². The Hall–Kier alpha value is -2.73. The van der Waals surface area contributed by atoms with E-state index < -0.39 is 18.0 Å². The van der Waals surface area contributed by atoms with Crippen LogP contribution in [0.25, 0.3) is 22.5 Å². The molecule has 0 spiro atoms. The number of halogens is 1. The van der Waals surface area contributed by atoms with Crippen LogP contribution < -0.4 is 15.3 Å². The molecule has 7 heteroatoms. The molecule has 0 saturated heterocycles. The molecule has 0 aliphatic rings. The lowest BCUT2D eigenvalue weighted by atomic mass is 10.2. The number of benzene rings is 1. The molecule has 22 heavy (non-hydrogen) atoms. The third-order valence-electron chi connectivity index (χ3n) is 2.89. The van der Waals surface area contributed by atoms with Crippen LogP contribution in [0.3, 0.4) is 0 Å². The molecular formula is C15H8ClO6-. The van der Waals surface area contributed by atoms with Crippen LogP contribution in [0.5, 0.6) is 5.75 Å². The molecule has 0 bridgehead atoms. The van der Waals surface area contributed by atoms with E-state index >= 15 is 0 Å². The Labute approximate surface area is 128 Å². The number of furan rings is 1. The van der Waals surface area contributed by atoms with Crippen LogP contribution in [0, 0.1) is 0 Å². The number of carboxylic acids is 1. The molecule has 0 N–H and O–H groups in total. The summed E-state index contributed by atoms with van der Waals surface area (Å²) >= 11 is 5.87. The molecule has 3 aromatic rings. The molecule has 1 aromatic carbocycles. The topological polar surface area (TPSA) is 92.7 Å². The normalized spacial score (nSPS) is 10.8. The fourth-order valence-corrected chi connectivity index (χ4v) is 2.15. The predicted molar refractivity (Wildman–Crippen MR) is 75.7 cm³/mol. The Kier molecular flexibility index (Phi) is 3.60. The molecule has 6 nitrogen and oxygen atoms in total. The summed E-state index contributed by atoms with van der Waals surface area (Å²) in [5, 5.41) is 11.1. The molecule has 0 amide bonds. The fraction of sp³-hybridized carbons (Fsp3) is 0.0667. The standard InChI is InChI=1S/C15H9ClO6/c16-8-3-4-10-9(6-8)13(19)15(21-7-12(17)18)14(22-10)11-2-1-5-20-11/h1-6H,7H2,(H,17,18)/p-1. The molecule has 0 atom stereocenters. The van der Waals surface area contributed by atoms with Gasteiger partial charge in [-0.3, -0.25) is 4.79 Å². The number of ether oxygens (including phenoxy) is 1. The van der Waals surface area contributed by atoms with Gasteiger partial charge in [-0.05, 0) is 30.3 Å². The minimum Gasteiger partial charge on any atom is -0.546 e. The van der Waals surface area contributed by atoms with E-state index in [1.807, 2.05) is 0 Å². The number of aliphatic carboxylic acids is 1. The van der Waals surface area contributed by atoms with Crippen molar-refractivity contribution >= 4 is 28.5 Å². The van der Waals surface area contributed by atoms with Crippen LogP contribution in [0.2, 0.25) is 5.02 Å². The van der Waals surface area contributed by atoms with Gasteiger partial charge in [0.25, 0.3) is 0 Å². The zero-order valence-electron chi connectivity index (χ0n) is 11.0.